The zero-order valence-corrected chi connectivity index (χ0v) is 29.3. The molecule has 2 rings (SSSR count). The fourth-order valence-electron chi connectivity index (χ4n) is 6.17. The summed E-state index contributed by atoms with van der Waals surface area (Å²) in [5.41, 5.74) is 4.56. The molecule has 0 aliphatic heterocycles. The van der Waals surface area contributed by atoms with Crippen LogP contribution in [0.4, 0.5) is 0 Å². The van der Waals surface area contributed by atoms with Crippen molar-refractivity contribution in [1.29, 1.82) is 0 Å². The molecule has 0 fully saturated rings. The van der Waals surface area contributed by atoms with Crippen molar-refractivity contribution < 1.29 is 19.8 Å². The molecular formula is C37H58N2O4. The standard InChI is InChI=1S/C37H58N2O4/c1-22(24-16-18-26(40)30(36(9,10)11)28(24)34(3,4)5)32(42)38-20-15-21-39-33(43)23(2)25-17-19-27(41)31(37(12,13)14)29(25)35(6,7)8/h16-19,22-23,40-41H,15,20-21H2,1-14H3,(H,38,42)(H,39,43). The van der Waals surface area contributed by atoms with Gasteiger partial charge in [-0.2, -0.15) is 0 Å². The van der Waals surface area contributed by atoms with Crippen LogP contribution in [0.1, 0.15) is 149 Å². The number of hydrogen-bond acceptors (Lipinski definition) is 4. The van der Waals surface area contributed by atoms with Crippen molar-refractivity contribution in [1.82, 2.24) is 10.6 Å². The lowest BCUT2D eigenvalue weighted by Crippen LogP contribution is -2.35. The maximum atomic E-state index is 13.2. The number of phenols is 2. The third-order valence-electron chi connectivity index (χ3n) is 8.10. The van der Waals surface area contributed by atoms with Gasteiger partial charge in [0.1, 0.15) is 11.5 Å². The third kappa shape index (κ3) is 8.55. The van der Waals surface area contributed by atoms with Crippen molar-refractivity contribution in [2.75, 3.05) is 13.1 Å². The molecule has 0 aromatic heterocycles. The van der Waals surface area contributed by atoms with Gasteiger partial charge in [0.05, 0.1) is 11.8 Å². The molecule has 43 heavy (non-hydrogen) atoms. The quantitative estimate of drug-likeness (QED) is 0.234. The van der Waals surface area contributed by atoms with Crippen LogP contribution in [0.25, 0.3) is 0 Å². The summed E-state index contributed by atoms with van der Waals surface area (Å²) in [6.07, 6.45) is 0.598. The molecule has 2 aromatic rings. The van der Waals surface area contributed by atoms with E-state index < -0.39 is 11.8 Å². The van der Waals surface area contributed by atoms with Gasteiger partial charge in [0.15, 0.2) is 0 Å². The smallest absolute Gasteiger partial charge is 0.227 e. The lowest BCUT2D eigenvalue weighted by atomic mass is 9.71. The number of phenolic OH excluding ortho intramolecular Hbond substituents is 2. The van der Waals surface area contributed by atoms with E-state index in [0.717, 1.165) is 33.4 Å². The van der Waals surface area contributed by atoms with Crippen molar-refractivity contribution in [2.24, 2.45) is 0 Å². The van der Waals surface area contributed by atoms with Crippen LogP contribution in [0.3, 0.4) is 0 Å². The largest absolute Gasteiger partial charge is 0.508 e. The second kappa shape index (κ2) is 12.9. The maximum Gasteiger partial charge on any atom is 0.227 e. The summed E-state index contributed by atoms with van der Waals surface area (Å²) >= 11 is 0. The van der Waals surface area contributed by atoms with E-state index in [2.05, 4.69) is 93.7 Å². The third-order valence-corrected chi connectivity index (χ3v) is 8.10. The lowest BCUT2D eigenvalue weighted by molar-refractivity contribution is -0.122. The van der Waals surface area contributed by atoms with Gasteiger partial charge in [-0.15, -0.1) is 0 Å². The summed E-state index contributed by atoms with van der Waals surface area (Å²) in [5.74, 6) is -0.430. The van der Waals surface area contributed by atoms with Gasteiger partial charge in [-0.05, 0) is 76.3 Å². The topological polar surface area (TPSA) is 98.7 Å². The maximum absolute atomic E-state index is 13.2. The second-order valence-electron chi connectivity index (χ2n) is 16.2. The molecule has 240 valence electrons. The average molecular weight is 595 g/mol. The van der Waals surface area contributed by atoms with Crippen molar-refractivity contribution in [3.63, 3.8) is 0 Å². The Morgan fingerprint density at radius 2 is 0.837 bits per heavy atom. The summed E-state index contributed by atoms with van der Waals surface area (Å²) in [6.45, 7) is 29.8. The van der Waals surface area contributed by atoms with Crippen molar-refractivity contribution in [3.05, 3.63) is 57.6 Å². The molecule has 6 nitrogen and oxygen atoms in total. The zero-order valence-electron chi connectivity index (χ0n) is 29.3. The SMILES string of the molecule is CC(C(=O)NCCCNC(=O)C(C)c1ccc(O)c(C(C)(C)C)c1C(C)(C)C)c1ccc(O)c(C(C)(C)C)c1C(C)(C)C. The van der Waals surface area contributed by atoms with E-state index in [-0.39, 0.29) is 45.0 Å². The molecule has 2 amide bonds. The monoisotopic (exact) mass is 594 g/mol. The minimum Gasteiger partial charge on any atom is -0.508 e. The predicted molar refractivity (Wildman–Crippen MR) is 178 cm³/mol. The molecule has 0 aliphatic rings. The molecule has 0 radical (unpaired) electrons. The van der Waals surface area contributed by atoms with E-state index in [0.29, 0.717) is 19.5 Å². The Labute approximate surface area is 261 Å². The Morgan fingerprint density at radius 3 is 1.09 bits per heavy atom. The molecular weight excluding hydrogens is 536 g/mol. The molecule has 6 heteroatoms. The summed E-state index contributed by atoms with van der Waals surface area (Å²) in [5, 5.41) is 27.6. The van der Waals surface area contributed by atoms with Crippen LogP contribution in [0.2, 0.25) is 0 Å². The van der Waals surface area contributed by atoms with Crippen molar-refractivity contribution in [2.45, 2.75) is 137 Å². The molecule has 4 N–H and O–H groups in total. The Balaban J connectivity index is 2.12. The zero-order chi connectivity index (χ0) is 33.3. The molecule has 2 atom stereocenters. The number of carbonyl (C=O) groups excluding carboxylic acids is 2. The highest BCUT2D eigenvalue weighted by Gasteiger charge is 2.34. The summed E-state index contributed by atoms with van der Waals surface area (Å²) in [6, 6.07) is 7.15. The van der Waals surface area contributed by atoms with E-state index in [9.17, 15) is 19.8 Å². The number of nitrogens with one attached hydrogen (secondary N) is 2. The van der Waals surface area contributed by atoms with E-state index in [1.807, 2.05) is 26.0 Å². The highest BCUT2D eigenvalue weighted by molar-refractivity contribution is 5.85. The fraction of sp³-hybridized carbons (Fsp3) is 0.622. The molecule has 0 spiro atoms. The van der Waals surface area contributed by atoms with Crippen molar-refractivity contribution in [3.8, 4) is 11.5 Å². The van der Waals surface area contributed by atoms with Gasteiger partial charge in [0, 0.05) is 24.2 Å². The first-order chi connectivity index (χ1) is 19.4. The van der Waals surface area contributed by atoms with Crippen LogP contribution in [0.15, 0.2) is 24.3 Å². The van der Waals surface area contributed by atoms with Crippen LogP contribution in [-0.2, 0) is 31.2 Å². The van der Waals surface area contributed by atoms with Crippen LogP contribution < -0.4 is 10.6 Å². The normalized spacial score (nSPS) is 14.3. The minimum absolute atomic E-state index is 0.0793. The van der Waals surface area contributed by atoms with Crippen LogP contribution in [0, 0.1) is 0 Å². The first-order valence-electron chi connectivity index (χ1n) is 15.7. The molecule has 2 aromatic carbocycles. The van der Waals surface area contributed by atoms with Gasteiger partial charge in [0.25, 0.3) is 0 Å². The highest BCUT2D eigenvalue weighted by Crippen LogP contribution is 2.44. The molecule has 0 bridgehead atoms. The van der Waals surface area contributed by atoms with E-state index in [1.165, 1.54) is 0 Å². The number of carbonyl (C=O) groups is 2. The molecule has 0 saturated heterocycles. The first kappa shape index (κ1) is 36.2. The van der Waals surface area contributed by atoms with Gasteiger partial charge in [-0.25, -0.2) is 0 Å². The van der Waals surface area contributed by atoms with Gasteiger partial charge in [0.2, 0.25) is 11.8 Å². The van der Waals surface area contributed by atoms with Crippen molar-refractivity contribution >= 4 is 11.8 Å². The molecule has 0 saturated carbocycles. The summed E-state index contributed by atoms with van der Waals surface area (Å²) in [7, 11) is 0. The Hall–Kier alpha value is -3.02. The minimum atomic E-state index is -0.395. The van der Waals surface area contributed by atoms with Crippen LogP contribution in [-0.4, -0.2) is 35.1 Å². The number of aromatic hydroxyl groups is 2. The van der Waals surface area contributed by atoms with Crippen LogP contribution in [0.5, 0.6) is 11.5 Å². The Bertz CT molecular complexity index is 1210. The average Bonchev–Trinajstić information content (AvgIpc) is 2.84. The molecule has 0 heterocycles. The number of amides is 2. The number of hydrogen-bond donors (Lipinski definition) is 4. The fourth-order valence-corrected chi connectivity index (χ4v) is 6.17. The highest BCUT2D eigenvalue weighted by atomic mass is 16.3. The number of benzene rings is 2. The van der Waals surface area contributed by atoms with E-state index >= 15 is 0 Å². The Morgan fingerprint density at radius 1 is 0.558 bits per heavy atom. The lowest BCUT2D eigenvalue weighted by Gasteiger charge is -2.34. The van der Waals surface area contributed by atoms with E-state index in [4.69, 9.17) is 0 Å². The summed E-state index contributed by atoms with van der Waals surface area (Å²) < 4.78 is 0. The molecule has 2 unspecified atom stereocenters. The van der Waals surface area contributed by atoms with Gasteiger partial charge in [-0.3, -0.25) is 9.59 Å². The second-order valence-corrected chi connectivity index (χ2v) is 16.2. The number of rotatable bonds is 8. The molecule has 0 aliphatic carbocycles. The van der Waals surface area contributed by atoms with Gasteiger partial charge in [-0.1, -0.05) is 95.2 Å². The van der Waals surface area contributed by atoms with Gasteiger partial charge >= 0.3 is 0 Å². The first-order valence-corrected chi connectivity index (χ1v) is 15.7. The summed E-state index contributed by atoms with van der Waals surface area (Å²) in [4.78, 5) is 26.5. The van der Waals surface area contributed by atoms with Crippen LogP contribution >= 0.6 is 0 Å². The van der Waals surface area contributed by atoms with Gasteiger partial charge < -0.3 is 20.8 Å². The predicted octanol–water partition coefficient (Wildman–Crippen LogP) is 7.82. The van der Waals surface area contributed by atoms with E-state index in [1.54, 1.807) is 12.1 Å². The Kier molecular flexibility index (Phi) is 10.9.